The Balaban J connectivity index is 0. The molecule has 1 N–H and O–H groups in total. The SMILES string of the molecule is CCCCCC[C@@H](O)CC=CCCCCCCCC(=O)[O-].[Na+]. The monoisotopic (exact) mass is 320 g/mol. The van der Waals surface area contributed by atoms with Crippen LogP contribution in [0.15, 0.2) is 12.2 Å². The molecule has 0 aromatic carbocycles. The first kappa shape index (κ1) is 24.4. The molecule has 22 heavy (non-hydrogen) atoms. The Bertz CT molecular complexity index is 267. The summed E-state index contributed by atoms with van der Waals surface area (Å²) in [5.41, 5.74) is 0. The number of aliphatic hydroxyl groups excluding tert-OH is 1. The van der Waals surface area contributed by atoms with Crippen LogP contribution in [0.3, 0.4) is 0 Å². The van der Waals surface area contributed by atoms with Crippen LogP contribution in [0.4, 0.5) is 0 Å². The molecule has 0 fully saturated rings. The number of unbranched alkanes of at least 4 members (excludes halogenated alkanes) is 8. The summed E-state index contributed by atoms with van der Waals surface area (Å²) in [6.45, 7) is 2.20. The van der Waals surface area contributed by atoms with E-state index in [1.165, 1.54) is 19.3 Å². The fraction of sp³-hybridized carbons (Fsp3) is 0.833. The zero-order chi connectivity index (χ0) is 15.8. The second-order valence-corrected chi connectivity index (χ2v) is 5.89. The second kappa shape index (κ2) is 19.2. The number of carbonyl (C=O) groups excluding carboxylic acids is 1. The van der Waals surface area contributed by atoms with E-state index in [0.717, 1.165) is 57.8 Å². The first-order valence-corrected chi connectivity index (χ1v) is 8.69. The minimum Gasteiger partial charge on any atom is -0.550 e. The largest absolute Gasteiger partial charge is 1.00 e. The van der Waals surface area contributed by atoms with Crippen LogP contribution in [0.25, 0.3) is 0 Å². The standard InChI is InChI=1S/C18H34O3.Na/c1-2-3-4-11-14-17(19)15-12-9-7-5-6-8-10-13-16-18(20)21;/h9,12,17,19H,2-8,10-11,13-16H2,1H3,(H,20,21);/q;+1/p-1/t17-;/m1./s1. The summed E-state index contributed by atoms with van der Waals surface area (Å²) < 4.78 is 0. The molecule has 3 nitrogen and oxygen atoms in total. The maximum Gasteiger partial charge on any atom is 1.00 e. The number of carboxylic acids is 1. The normalized spacial score (nSPS) is 12.3. The molecule has 1 atom stereocenters. The number of carboxylic acid groups (broad SMARTS) is 1. The van der Waals surface area contributed by atoms with Crippen LogP contribution >= 0.6 is 0 Å². The Morgan fingerprint density at radius 1 is 1.00 bits per heavy atom. The molecule has 0 bridgehead atoms. The second-order valence-electron chi connectivity index (χ2n) is 5.89. The van der Waals surface area contributed by atoms with Crippen molar-refractivity contribution in [3.05, 3.63) is 12.2 Å². The summed E-state index contributed by atoms with van der Waals surface area (Å²) in [6.07, 6.45) is 17.0. The molecule has 0 unspecified atom stereocenters. The summed E-state index contributed by atoms with van der Waals surface area (Å²) in [4.78, 5) is 10.2. The first-order valence-electron chi connectivity index (χ1n) is 8.69. The van der Waals surface area contributed by atoms with E-state index in [9.17, 15) is 15.0 Å². The van der Waals surface area contributed by atoms with Gasteiger partial charge in [-0.3, -0.25) is 0 Å². The molecule has 0 rings (SSSR count). The number of hydrogen-bond acceptors (Lipinski definition) is 3. The maximum atomic E-state index is 10.2. The van der Waals surface area contributed by atoms with Gasteiger partial charge in [0.1, 0.15) is 0 Å². The average molecular weight is 320 g/mol. The minimum absolute atomic E-state index is 0. The summed E-state index contributed by atoms with van der Waals surface area (Å²) in [7, 11) is 0. The Hall–Kier alpha value is 0.170. The van der Waals surface area contributed by atoms with Gasteiger partial charge in [0.2, 0.25) is 0 Å². The molecule has 0 aliphatic carbocycles. The third kappa shape index (κ3) is 20.2. The predicted molar refractivity (Wildman–Crippen MR) is 85.8 cm³/mol. The van der Waals surface area contributed by atoms with E-state index >= 15 is 0 Å². The average Bonchev–Trinajstić information content (AvgIpc) is 2.45. The third-order valence-corrected chi connectivity index (χ3v) is 3.72. The van der Waals surface area contributed by atoms with Gasteiger partial charge in [-0.2, -0.15) is 0 Å². The van der Waals surface area contributed by atoms with E-state index in [2.05, 4.69) is 19.1 Å². The van der Waals surface area contributed by atoms with Crippen LogP contribution in [0.5, 0.6) is 0 Å². The molecule has 0 aromatic heterocycles. The number of aliphatic hydroxyl groups is 1. The number of hydrogen-bond donors (Lipinski definition) is 1. The Morgan fingerprint density at radius 2 is 1.64 bits per heavy atom. The van der Waals surface area contributed by atoms with Gasteiger partial charge in [0.25, 0.3) is 0 Å². The molecule has 4 heteroatoms. The quantitative estimate of drug-likeness (QED) is 0.275. The molecule has 0 aliphatic heterocycles. The molecule has 0 spiro atoms. The number of carbonyl (C=O) groups is 1. The Morgan fingerprint density at radius 3 is 2.32 bits per heavy atom. The van der Waals surface area contributed by atoms with Crippen LogP contribution in [0.1, 0.15) is 90.4 Å². The van der Waals surface area contributed by atoms with Crippen molar-refractivity contribution < 1.29 is 44.6 Å². The molecule has 0 heterocycles. The van der Waals surface area contributed by atoms with Gasteiger partial charge in [0.15, 0.2) is 0 Å². The molecule has 0 aliphatic rings. The van der Waals surface area contributed by atoms with Crippen LogP contribution in [0.2, 0.25) is 0 Å². The predicted octanol–water partition coefficient (Wildman–Crippen LogP) is 0.749. The van der Waals surface area contributed by atoms with Crippen LogP contribution in [-0.2, 0) is 4.79 Å². The van der Waals surface area contributed by atoms with Crippen molar-refractivity contribution in [3.63, 3.8) is 0 Å². The zero-order valence-electron chi connectivity index (χ0n) is 14.7. The van der Waals surface area contributed by atoms with Gasteiger partial charge >= 0.3 is 29.6 Å². The molecule has 124 valence electrons. The van der Waals surface area contributed by atoms with Crippen molar-refractivity contribution in [2.45, 2.75) is 96.5 Å². The van der Waals surface area contributed by atoms with E-state index in [-0.39, 0.29) is 42.1 Å². The van der Waals surface area contributed by atoms with Gasteiger partial charge in [0, 0.05) is 5.97 Å². The molecule has 0 saturated heterocycles. The number of allylic oxidation sites excluding steroid dienone is 1. The summed E-state index contributed by atoms with van der Waals surface area (Å²) >= 11 is 0. The van der Waals surface area contributed by atoms with E-state index < -0.39 is 5.97 Å². The molecular weight excluding hydrogens is 287 g/mol. The van der Waals surface area contributed by atoms with E-state index in [1.807, 2.05) is 0 Å². The fourth-order valence-electron chi connectivity index (χ4n) is 2.36. The van der Waals surface area contributed by atoms with Crippen LogP contribution < -0.4 is 34.7 Å². The minimum atomic E-state index is -0.939. The van der Waals surface area contributed by atoms with Gasteiger partial charge < -0.3 is 15.0 Å². The van der Waals surface area contributed by atoms with Gasteiger partial charge in [-0.25, -0.2) is 0 Å². The van der Waals surface area contributed by atoms with E-state index in [0.29, 0.717) is 0 Å². The van der Waals surface area contributed by atoms with E-state index in [1.54, 1.807) is 0 Å². The third-order valence-electron chi connectivity index (χ3n) is 3.72. The topological polar surface area (TPSA) is 60.4 Å². The Kier molecular flexibility index (Phi) is 21.3. The molecule has 0 aromatic rings. The van der Waals surface area contributed by atoms with Crippen LogP contribution in [-0.4, -0.2) is 17.2 Å². The number of aliphatic carboxylic acids is 1. The van der Waals surface area contributed by atoms with Crippen molar-refractivity contribution in [2.24, 2.45) is 0 Å². The van der Waals surface area contributed by atoms with Crippen molar-refractivity contribution in [1.29, 1.82) is 0 Å². The van der Waals surface area contributed by atoms with Crippen molar-refractivity contribution in [2.75, 3.05) is 0 Å². The first-order chi connectivity index (χ1) is 10.2. The summed E-state index contributed by atoms with van der Waals surface area (Å²) in [6, 6.07) is 0. The van der Waals surface area contributed by atoms with Crippen molar-refractivity contribution >= 4 is 5.97 Å². The maximum absolute atomic E-state index is 10.2. The Labute approximate surface area is 158 Å². The van der Waals surface area contributed by atoms with Gasteiger partial charge in [-0.15, -0.1) is 0 Å². The van der Waals surface area contributed by atoms with E-state index in [4.69, 9.17) is 0 Å². The zero-order valence-corrected chi connectivity index (χ0v) is 16.7. The smallest absolute Gasteiger partial charge is 0.550 e. The summed E-state index contributed by atoms with van der Waals surface area (Å²) in [5.74, 6) is -0.939. The van der Waals surface area contributed by atoms with Crippen LogP contribution in [0, 0.1) is 0 Å². The molecular formula is C18H33NaO3. The summed E-state index contributed by atoms with van der Waals surface area (Å²) in [5, 5.41) is 20.0. The molecule has 0 saturated carbocycles. The van der Waals surface area contributed by atoms with Crippen molar-refractivity contribution in [3.8, 4) is 0 Å². The molecule has 0 amide bonds. The van der Waals surface area contributed by atoms with Crippen molar-refractivity contribution in [1.82, 2.24) is 0 Å². The fourth-order valence-corrected chi connectivity index (χ4v) is 2.36. The number of rotatable bonds is 15. The molecule has 0 radical (unpaired) electrons. The van der Waals surface area contributed by atoms with Gasteiger partial charge in [0.05, 0.1) is 6.10 Å². The van der Waals surface area contributed by atoms with Gasteiger partial charge in [-0.05, 0) is 38.5 Å². The van der Waals surface area contributed by atoms with Gasteiger partial charge in [-0.1, -0.05) is 64.0 Å².